The topological polar surface area (TPSA) is 0 Å². The van der Waals surface area contributed by atoms with Crippen molar-refractivity contribution in [2.24, 2.45) is 0 Å². The summed E-state index contributed by atoms with van der Waals surface area (Å²) in [6.07, 6.45) is 8.32. The van der Waals surface area contributed by atoms with Crippen molar-refractivity contribution in [3.8, 4) is 23.8 Å². The second-order valence-electron chi connectivity index (χ2n) is 3.02. The van der Waals surface area contributed by atoms with Crippen LogP contribution >= 0.6 is 0 Å². The minimum absolute atomic E-state index is 1.19. The molecule has 0 fully saturated rings. The molecule has 0 rings (SSSR count). The molecule has 0 nitrogen and oxygen atoms in total. The molecule has 0 aliphatic rings. The number of rotatable bonds is 0. The second-order valence-corrected chi connectivity index (χ2v) is 7.77. The zero-order chi connectivity index (χ0) is 8.04. The predicted octanol–water partition coefficient (Wildman–Crippen LogP) is 2.06. The van der Waals surface area contributed by atoms with Crippen molar-refractivity contribution in [1.29, 1.82) is 0 Å². The van der Waals surface area contributed by atoms with Gasteiger partial charge in [-0.25, -0.2) is 0 Å². The fraction of sp³-hybridized carbons (Fsp3) is 0.333. The van der Waals surface area contributed by atoms with Gasteiger partial charge in [0.15, 0.2) is 0 Å². The smallest absolute Gasteiger partial charge is 0.127 e. The summed E-state index contributed by atoms with van der Waals surface area (Å²) >= 11 is 0. The normalized spacial score (nSPS) is 10.2. The van der Waals surface area contributed by atoms with Gasteiger partial charge in [-0.3, -0.25) is 0 Å². The summed E-state index contributed by atoms with van der Waals surface area (Å²) < 4.78 is 0. The maximum Gasteiger partial charge on any atom is 0.129 e. The number of hydrogen-bond acceptors (Lipinski definition) is 0. The van der Waals surface area contributed by atoms with Crippen LogP contribution in [0.2, 0.25) is 19.6 Å². The molecule has 0 N–H and O–H groups in total. The molecule has 0 spiro atoms. The van der Waals surface area contributed by atoms with Crippen LogP contribution in [0, 0.1) is 23.8 Å². The molecule has 52 valence electrons. The van der Waals surface area contributed by atoms with Crippen LogP contribution in [0.3, 0.4) is 0 Å². The zero-order valence-corrected chi connectivity index (χ0v) is 7.73. The van der Waals surface area contributed by atoms with Crippen molar-refractivity contribution in [2.75, 3.05) is 0 Å². The van der Waals surface area contributed by atoms with Gasteiger partial charge >= 0.3 is 0 Å². The van der Waals surface area contributed by atoms with Crippen LogP contribution in [-0.4, -0.2) is 8.07 Å². The Bertz CT molecular complexity index is 212. The monoisotopic (exact) mass is 148 g/mol. The summed E-state index contributed by atoms with van der Waals surface area (Å²) in [4.78, 5) is 0. The van der Waals surface area contributed by atoms with Crippen molar-refractivity contribution < 1.29 is 0 Å². The number of terminal acetylenes is 1. The first-order valence-corrected chi connectivity index (χ1v) is 6.70. The summed E-state index contributed by atoms with van der Waals surface area (Å²) in [5.74, 6) is 5.30. The molecule has 0 radical (unpaired) electrons. The highest BCUT2D eigenvalue weighted by molar-refractivity contribution is 6.83. The van der Waals surface area contributed by atoms with Gasteiger partial charge in [-0.15, -0.1) is 12.0 Å². The Morgan fingerprint density at radius 1 is 1.20 bits per heavy atom. The first kappa shape index (κ1) is 9.08. The molecule has 0 saturated heterocycles. The third-order valence-electron chi connectivity index (χ3n) is 0.710. The second kappa shape index (κ2) is 3.98. The summed E-state index contributed by atoms with van der Waals surface area (Å²) in [6, 6.07) is 0. The predicted molar refractivity (Wildman–Crippen MR) is 49.1 cm³/mol. The van der Waals surface area contributed by atoms with Crippen LogP contribution in [0.1, 0.15) is 0 Å². The highest BCUT2D eigenvalue weighted by atomic mass is 28.3. The molecule has 0 aliphatic heterocycles. The average Bonchev–Trinajstić information content (AvgIpc) is 1.78. The van der Waals surface area contributed by atoms with E-state index in [9.17, 15) is 0 Å². The first-order valence-electron chi connectivity index (χ1n) is 3.20. The van der Waals surface area contributed by atoms with Crippen molar-refractivity contribution in [3.05, 3.63) is 12.2 Å². The fourth-order valence-electron chi connectivity index (χ4n) is 0.348. The van der Waals surface area contributed by atoms with E-state index in [0.717, 1.165) is 0 Å². The lowest BCUT2D eigenvalue weighted by Gasteiger charge is -2.01. The molecular formula is C9H12Si. The molecule has 0 aromatic rings. The summed E-state index contributed by atoms with van der Waals surface area (Å²) in [5, 5.41) is 0. The Labute approximate surface area is 64.3 Å². The molecular weight excluding hydrogens is 136 g/mol. The van der Waals surface area contributed by atoms with Crippen LogP contribution in [-0.2, 0) is 0 Å². The molecule has 0 aromatic carbocycles. The van der Waals surface area contributed by atoms with Crippen molar-refractivity contribution in [2.45, 2.75) is 19.6 Å². The van der Waals surface area contributed by atoms with E-state index in [-0.39, 0.29) is 0 Å². The molecule has 1 heteroatoms. The van der Waals surface area contributed by atoms with Gasteiger partial charge in [0.25, 0.3) is 0 Å². The summed E-state index contributed by atoms with van der Waals surface area (Å²) in [5.41, 5.74) is 3.16. The molecule has 0 aromatic heterocycles. The molecule has 0 bridgehead atoms. The molecule has 10 heavy (non-hydrogen) atoms. The standard InChI is InChI=1S/C9H12Si/c1-5-6-7-8-9-10(2,3)4/h1,6-7H,2-4H3/b7-6-. The van der Waals surface area contributed by atoms with E-state index >= 15 is 0 Å². The van der Waals surface area contributed by atoms with Gasteiger partial charge in [-0.1, -0.05) is 31.5 Å². The molecule has 0 aliphatic carbocycles. The Morgan fingerprint density at radius 3 is 2.20 bits per heavy atom. The van der Waals surface area contributed by atoms with Crippen LogP contribution < -0.4 is 0 Å². The maximum absolute atomic E-state index is 4.99. The van der Waals surface area contributed by atoms with Gasteiger partial charge in [0.05, 0.1) is 0 Å². The lowest BCUT2D eigenvalue weighted by molar-refractivity contribution is 1.81. The number of allylic oxidation sites excluding steroid dienone is 2. The van der Waals surface area contributed by atoms with E-state index < -0.39 is 8.07 Å². The van der Waals surface area contributed by atoms with Crippen LogP contribution in [0.4, 0.5) is 0 Å². The number of hydrogen-bond donors (Lipinski definition) is 0. The molecule has 0 unspecified atom stereocenters. The zero-order valence-electron chi connectivity index (χ0n) is 6.73. The van der Waals surface area contributed by atoms with Gasteiger partial charge in [0.1, 0.15) is 8.07 Å². The van der Waals surface area contributed by atoms with Crippen LogP contribution in [0.5, 0.6) is 0 Å². The Hall–Kier alpha value is -0.923. The van der Waals surface area contributed by atoms with E-state index in [1.807, 2.05) is 0 Å². The van der Waals surface area contributed by atoms with Gasteiger partial charge in [0.2, 0.25) is 0 Å². The molecule has 0 saturated carbocycles. The highest BCUT2D eigenvalue weighted by Crippen LogP contribution is 1.95. The minimum Gasteiger partial charge on any atom is -0.127 e. The average molecular weight is 148 g/mol. The van der Waals surface area contributed by atoms with Crippen molar-refractivity contribution >= 4 is 8.07 Å². The van der Waals surface area contributed by atoms with E-state index in [2.05, 4.69) is 37.0 Å². The Balaban J connectivity index is 3.97. The van der Waals surface area contributed by atoms with Crippen LogP contribution in [0.25, 0.3) is 0 Å². The van der Waals surface area contributed by atoms with E-state index in [1.165, 1.54) is 0 Å². The van der Waals surface area contributed by atoms with Crippen LogP contribution in [0.15, 0.2) is 12.2 Å². The van der Waals surface area contributed by atoms with Gasteiger partial charge < -0.3 is 0 Å². The fourth-order valence-corrected chi connectivity index (χ4v) is 0.864. The van der Waals surface area contributed by atoms with Crippen molar-refractivity contribution in [1.82, 2.24) is 0 Å². The van der Waals surface area contributed by atoms with Gasteiger partial charge in [-0.05, 0) is 12.2 Å². The van der Waals surface area contributed by atoms with Gasteiger partial charge in [-0.2, -0.15) is 0 Å². The molecule has 0 amide bonds. The molecule has 0 atom stereocenters. The highest BCUT2D eigenvalue weighted by Gasteiger charge is 2.06. The SMILES string of the molecule is C#C/C=C\C#C[Si](C)(C)C. The third kappa shape index (κ3) is 7.08. The van der Waals surface area contributed by atoms with Crippen molar-refractivity contribution in [3.63, 3.8) is 0 Å². The lowest BCUT2D eigenvalue weighted by Crippen LogP contribution is -2.16. The minimum atomic E-state index is -1.19. The lowest BCUT2D eigenvalue weighted by atomic mass is 10.5. The quantitative estimate of drug-likeness (QED) is 0.364. The first-order chi connectivity index (χ1) is 4.56. The summed E-state index contributed by atoms with van der Waals surface area (Å²) in [7, 11) is -1.19. The van der Waals surface area contributed by atoms with E-state index in [0.29, 0.717) is 0 Å². The summed E-state index contributed by atoms with van der Waals surface area (Å²) in [6.45, 7) is 6.59. The van der Waals surface area contributed by atoms with E-state index in [1.54, 1.807) is 12.2 Å². The van der Waals surface area contributed by atoms with Gasteiger partial charge in [0, 0.05) is 0 Å². The molecule has 0 heterocycles. The maximum atomic E-state index is 4.99. The Morgan fingerprint density at radius 2 is 1.80 bits per heavy atom. The Kier molecular flexibility index (Phi) is 3.62. The third-order valence-corrected chi connectivity index (χ3v) is 1.60. The largest absolute Gasteiger partial charge is 0.129 e. The van der Waals surface area contributed by atoms with E-state index in [4.69, 9.17) is 6.42 Å².